The number of allylic oxidation sites excluding steroid dienone is 1. The Morgan fingerprint density at radius 2 is 1.39 bits per heavy atom. The standard InChI is InChI=1S/C25H23FN2O3/c1-16-14-18(15-17(2)24(16)31-3)4-13-23(29)19-5-9-21(10-6-19)27-25(30)28-22-11-7-20(26)8-12-22/h4-15H,1-3H3,(H2,27,28,30)/b13-4+. The summed E-state index contributed by atoms with van der Waals surface area (Å²) >= 11 is 0. The monoisotopic (exact) mass is 418 g/mol. The minimum atomic E-state index is -0.462. The van der Waals surface area contributed by atoms with E-state index in [4.69, 9.17) is 4.74 Å². The smallest absolute Gasteiger partial charge is 0.323 e. The van der Waals surface area contributed by atoms with E-state index in [9.17, 15) is 14.0 Å². The molecule has 31 heavy (non-hydrogen) atoms. The van der Waals surface area contributed by atoms with Gasteiger partial charge in [-0.25, -0.2) is 9.18 Å². The van der Waals surface area contributed by atoms with Crippen molar-refractivity contribution in [2.75, 3.05) is 17.7 Å². The number of halogens is 1. The number of anilines is 2. The molecule has 5 nitrogen and oxygen atoms in total. The minimum Gasteiger partial charge on any atom is -0.496 e. The third-order valence-electron chi connectivity index (χ3n) is 4.64. The molecule has 0 saturated carbocycles. The van der Waals surface area contributed by atoms with E-state index in [2.05, 4.69) is 10.6 Å². The van der Waals surface area contributed by atoms with E-state index < -0.39 is 6.03 Å². The number of benzene rings is 3. The highest BCUT2D eigenvalue weighted by atomic mass is 19.1. The second kappa shape index (κ2) is 9.71. The topological polar surface area (TPSA) is 67.4 Å². The Morgan fingerprint density at radius 1 is 0.871 bits per heavy atom. The maximum absolute atomic E-state index is 12.9. The van der Waals surface area contributed by atoms with Crippen LogP contribution >= 0.6 is 0 Å². The third kappa shape index (κ3) is 5.79. The summed E-state index contributed by atoms with van der Waals surface area (Å²) in [6, 6.07) is 15.5. The highest BCUT2D eigenvalue weighted by Crippen LogP contribution is 2.25. The van der Waals surface area contributed by atoms with E-state index in [1.165, 1.54) is 30.3 Å². The first-order valence-corrected chi connectivity index (χ1v) is 9.67. The van der Waals surface area contributed by atoms with Crippen LogP contribution in [0.25, 0.3) is 6.08 Å². The van der Waals surface area contributed by atoms with Crippen LogP contribution in [-0.4, -0.2) is 18.9 Å². The van der Waals surface area contributed by atoms with E-state index in [1.54, 1.807) is 37.5 Å². The number of nitrogens with one attached hydrogen (secondary N) is 2. The van der Waals surface area contributed by atoms with Crippen LogP contribution in [0.3, 0.4) is 0 Å². The van der Waals surface area contributed by atoms with Gasteiger partial charge in [-0.05, 0) is 97.3 Å². The van der Waals surface area contributed by atoms with Gasteiger partial charge < -0.3 is 15.4 Å². The number of rotatable bonds is 6. The fourth-order valence-electron chi connectivity index (χ4n) is 3.21. The molecule has 0 fully saturated rings. The van der Waals surface area contributed by atoms with Gasteiger partial charge in [0.1, 0.15) is 11.6 Å². The van der Waals surface area contributed by atoms with Crippen LogP contribution in [0.1, 0.15) is 27.0 Å². The fourth-order valence-corrected chi connectivity index (χ4v) is 3.21. The van der Waals surface area contributed by atoms with Crippen molar-refractivity contribution in [1.82, 2.24) is 0 Å². The molecule has 0 radical (unpaired) electrons. The average Bonchev–Trinajstić information content (AvgIpc) is 2.74. The summed E-state index contributed by atoms with van der Waals surface area (Å²) < 4.78 is 18.3. The lowest BCUT2D eigenvalue weighted by atomic mass is 10.0. The zero-order chi connectivity index (χ0) is 22.4. The van der Waals surface area contributed by atoms with Crippen LogP contribution < -0.4 is 15.4 Å². The first-order valence-electron chi connectivity index (χ1n) is 9.67. The van der Waals surface area contributed by atoms with Gasteiger partial charge in [0.25, 0.3) is 0 Å². The van der Waals surface area contributed by atoms with E-state index in [0.717, 1.165) is 22.4 Å². The first kappa shape index (κ1) is 21.8. The number of ether oxygens (including phenoxy) is 1. The van der Waals surface area contributed by atoms with Gasteiger partial charge in [0.2, 0.25) is 0 Å². The molecule has 2 amide bonds. The SMILES string of the molecule is COc1c(C)cc(/C=C/C(=O)c2ccc(NC(=O)Nc3ccc(F)cc3)cc2)cc1C. The molecule has 0 spiro atoms. The van der Waals surface area contributed by atoms with Crippen molar-refractivity contribution < 1.29 is 18.7 Å². The van der Waals surface area contributed by atoms with E-state index in [1.807, 2.05) is 26.0 Å². The van der Waals surface area contributed by atoms with E-state index in [0.29, 0.717) is 16.9 Å². The van der Waals surface area contributed by atoms with Crippen molar-refractivity contribution in [2.24, 2.45) is 0 Å². The molecule has 0 saturated heterocycles. The lowest BCUT2D eigenvalue weighted by Gasteiger charge is -2.09. The number of ketones is 1. The highest BCUT2D eigenvalue weighted by molar-refractivity contribution is 6.07. The summed E-state index contributed by atoms with van der Waals surface area (Å²) in [7, 11) is 1.64. The average molecular weight is 418 g/mol. The van der Waals surface area contributed by atoms with Gasteiger partial charge in [0.05, 0.1) is 7.11 Å². The molecular weight excluding hydrogens is 395 g/mol. The molecular formula is C25H23FN2O3. The van der Waals surface area contributed by atoms with Gasteiger partial charge in [0, 0.05) is 16.9 Å². The molecule has 3 aromatic rings. The quantitative estimate of drug-likeness (QED) is 0.382. The molecule has 0 aliphatic rings. The van der Waals surface area contributed by atoms with Crippen LogP contribution in [0.2, 0.25) is 0 Å². The van der Waals surface area contributed by atoms with Gasteiger partial charge in [-0.3, -0.25) is 4.79 Å². The van der Waals surface area contributed by atoms with Crippen molar-refractivity contribution >= 4 is 29.3 Å². The maximum atomic E-state index is 12.9. The summed E-state index contributed by atoms with van der Waals surface area (Å²) in [6.45, 7) is 3.92. The second-order valence-corrected chi connectivity index (χ2v) is 7.05. The Kier molecular flexibility index (Phi) is 6.82. The number of hydrogen-bond acceptors (Lipinski definition) is 3. The minimum absolute atomic E-state index is 0.145. The predicted octanol–water partition coefficient (Wildman–Crippen LogP) is 5.99. The number of urea groups is 1. The van der Waals surface area contributed by atoms with Gasteiger partial charge >= 0.3 is 6.03 Å². The normalized spacial score (nSPS) is 10.7. The van der Waals surface area contributed by atoms with Gasteiger partial charge in [-0.15, -0.1) is 0 Å². The number of hydrogen-bond donors (Lipinski definition) is 2. The van der Waals surface area contributed by atoms with Crippen LogP contribution in [-0.2, 0) is 0 Å². The molecule has 0 aromatic heterocycles. The summed E-state index contributed by atoms with van der Waals surface area (Å²) in [5, 5.41) is 5.27. The molecule has 2 N–H and O–H groups in total. The van der Waals surface area contributed by atoms with Crippen molar-refractivity contribution in [3.63, 3.8) is 0 Å². The molecule has 0 bridgehead atoms. The molecule has 0 aliphatic heterocycles. The summed E-state index contributed by atoms with van der Waals surface area (Å²) in [6.07, 6.45) is 3.29. The highest BCUT2D eigenvalue weighted by Gasteiger charge is 2.07. The summed E-state index contributed by atoms with van der Waals surface area (Å²) in [4.78, 5) is 24.5. The number of amides is 2. The molecule has 158 valence electrons. The number of carbonyl (C=O) groups is 2. The van der Waals surface area contributed by atoms with Crippen LogP contribution in [0.4, 0.5) is 20.6 Å². The Balaban J connectivity index is 1.61. The van der Waals surface area contributed by atoms with Crippen LogP contribution in [0, 0.1) is 19.7 Å². The molecule has 0 heterocycles. The summed E-state index contributed by atoms with van der Waals surface area (Å²) in [5.74, 6) is 0.320. The molecule has 0 unspecified atom stereocenters. The van der Waals surface area contributed by atoms with Crippen LogP contribution in [0.15, 0.2) is 66.7 Å². The second-order valence-electron chi connectivity index (χ2n) is 7.05. The Morgan fingerprint density at radius 3 is 1.90 bits per heavy atom. The number of methoxy groups -OCH3 is 1. The lowest BCUT2D eigenvalue weighted by Crippen LogP contribution is -2.19. The summed E-state index contributed by atoms with van der Waals surface area (Å²) in [5.41, 5.74) is 4.43. The van der Waals surface area contributed by atoms with Crippen molar-refractivity contribution in [3.05, 3.63) is 94.8 Å². The largest absolute Gasteiger partial charge is 0.496 e. The molecule has 3 rings (SSSR count). The van der Waals surface area contributed by atoms with E-state index in [-0.39, 0.29) is 11.6 Å². The zero-order valence-electron chi connectivity index (χ0n) is 17.5. The van der Waals surface area contributed by atoms with Crippen molar-refractivity contribution in [2.45, 2.75) is 13.8 Å². The third-order valence-corrected chi connectivity index (χ3v) is 4.64. The van der Waals surface area contributed by atoms with Crippen LogP contribution in [0.5, 0.6) is 5.75 Å². The fraction of sp³-hybridized carbons (Fsp3) is 0.120. The molecule has 3 aromatic carbocycles. The maximum Gasteiger partial charge on any atom is 0.323 e. The Bertz CT molecular complexity index is 1100. The Labute approximate surface area is 180 Å². The number of aryl methyl sites for hydroxylation is 2. The zero-order valence-corrected chi connectivity index (χ0v) is 17.5. The van der Waals surface area contributed by atoms with Crippen molar-refractivity contribution in [1.29, 1.82) is 0 Å². The Hall–Kier alpha value is -3.93. The van der Waals surface area contributed by atoms with Gasteiger partial charge in [-0.2, -0.15) is 0 Å². The van der Waals surface area contributed by atoms with E-state index >= 15 is 0 Å². The molecule has 6 heteroatoms. The van der Waals surface area contributed by atoms with Gasteiger partial charge in [0.15, 0.2) is 5.78 Å². The number of carbonyl (C=O) groups excluding carboxylic acids is 2. The van der Waals surface area contributed by atoms with Crippen molar-refractivity contribution in [3.8, 4) is 5.75 Å². The first-order chi connectivity index (χ1) is 14.9. The predicted molar refractivity (Wildman–Crippen MR) is 121 cm³/mol. The molecule has 0 atom stereocenters. The van der Waals surface area contributed by atoms with Gasteiger partial charge in [-0.1, -0.05) is 6.08 Å². The molecule has 0 aliphatic carbocycles. The lowest BCUT2D eigenvalue weighted by molar-refractivity contribution is 0.104.